The van der Waals surface area contributed by atoms with Crippen LogP contribution in [-0.2, 0) is 4.74 Å². The second-order valence-electron chi connectivity index (χ2n) is 4.11. The van der Waals surface area contributed by atoms with Crippen LogP contribution in [-0.4, -0.2) is 13.1 Å². The first kappa shape index (κ1) is 13.4. The van der Waals surface area contributed by atoms with Crippen LogP contribution in [0.1, 0.15) is 15.9 Å². The Balaban J connectivity index is 2.23. The first-order chi connectivity index (χ1) is 9.63. The molecule has 0 aliphatic carbocycles. The fourth-order valence-electron chi connectivity index (χ4n) is 1.73. The topological polar surface area (TPSA) is 88.1 Å². The van der Waals surface area contributed by atoms with E-state index in [4.69, 9.17) is 11.0 Å². The van der Waals surface area contributed by atoms with Gasteiger partial charge in [0.25, 0.3) is 0 Å². The molecule has 0 aromatic heterocycles. The lowest BCUT2D eigenvalue weighted by Crippen LogP contribution is -2.01. The van der Waals surface area contributed by atoms with Gasteiger partial charge in [0, 0.05) is 11.4 Å². The van der Waals surface area contributed by atoms with Gasteiger partial charge in [0.05, 0.1) is 23.9 Å². The third kappa shape index (κ3) is 2.87. The number of ether oxygens (including phenoxy) is 1. The van der Waals surface area contributed by atoms with E-state index in [0.717, 1.165) is 5.69 Å². The van der Waals surface area contributed by atoms with Gasteiger partial charge in [0.15, 0.2) is 0 Å². The van der Waals surface area contributed by atoms with Crippen molar-refractivity contribution in [2.45, 2.75) is 0 Å². The quantitative estimate of drug-likeness (QED) is 0.659. The van der Waals surface area contributed by atoms with Crippen molar-refractivity contribution in [1.29, 1.82) is 5.26 Å². The Morgan fingerprint density at radius 3 is 2.55 bits per heavy atom. The Morgan fingerprint density at radius 1 is 1.25 bits per heavy atom. The van der Waals surface area contributed by atoms with E-state index < -0.39 is 0 Å². The van der Waals surface area contributed by atoms with Gasteiger partial charge in [0.2, 0.25) is 0 Å². The van der Waals surface area contributed by atoms with E-state index in [1.165, 1.54) is 7.11 Å². The number of hydrogen-bond acceptors (Lipinski definition) is 5. The second-order valence-corrected chi connectivity index (χ2v) is 4.11. The summed E-state index contributed by atoms with van der Waals surface area (Å²) in [5.41, 5.74) is 8.52. The second kappa shape index (κ2) is 5.76. The van der Waals surface area contributed by atoms with Crippen LogP contribution in [0.2, 0.25) is 0 Å². The summed E-state index contributed by atoms with van der Waals surface area (Å²) in [4.78, 5) is 11.3. The standard InChI is InChI=1S/C15H13N3O2/c1-20-15(19)10-2-5-13(6-3-10)18-14-7-4-12(17)8-11(14)9-16/h2-8,18H,17H2,1H3. The van der Waals surface area contributed by atoms with Crippen molar-refractivity contribution < 1.29 is 9.53 Å². The Morgan fingerprint density at radius 2 is 1.95 bits per heavy atom. The molecule has 0 aliphatic heterocycles. The molecule has 2 rings (SSSR count). The van der Waals surface area contributed by atoms with E-state index in [1.807, 2.05) is 0 Å². The molecule has 0 fully saturated rings. The van der Waals surface area contributed by atoms with Gasteiger partial charge in [-0.3, -0.25) is 0 Å². The molecule has 0 bridgehead atoms. The van der Waals surface area contributed by atoms with Crippen LogP contribution in [0.4, 0.5) is 17.1 Å². The molecule has 2 aromatic carbocycles. The van der Waals surface area contributed by atoms with Crippen LogP contribution in [0.3, 0.4) is 0 Å². The molecule has 0 saturated heterocycles. The van der Waals surface area contributed by atoms with E-state index >= 15 is 0 Å². The van der Waals surface area contributed by atoms with Crippen LogP contribution < -0.4 is 11.1 Å². The van der Waals surface area contributed by atoms with Gasteiger partial charge in [-0.25, -0.2) is 4.79 Å². The molecule has 20 heavy (non-hydrogen) atoms. The van der Waals surface area contributed by atoms with Gasteiger partial charge < -0.3 is 15.8 Å². The van der Waals surface area contributed by atoms with E-state index in [9.17, 15) is 4.79 Å². The molecule has 0 radical (unpaired) electrons. The van der Waals surface area contributed by atoms with Gasteiger partial charge in [-0.2, -0.15) is 5.26 Å². The van der Waals surface area contributed by atoms with Gasteiger partial charge in [-0.15, -0.1) is 0 Å². The highest BCUT2D eigenvalue weighted by atomic mass is 16.5. The highest BCUT2D eigenvalue weighted by Crippen LogP contribution is 2.23. The van der Waals surface area contributed by atoms with E-state index in [1.54, 1.807) is 42.5 Å². The number of rotatable bonds is 3. The lowest BCUT2D eigenvalue weighted by Gasteiger charge is -2.09. The fourth-order valence-corrected chi connectivity index (χ4v) is 1.73. The lowest BCUT2D eigenvalue weighted by atomic mass is 10.1. The number of carbonyl (C=O) groups is 1. The summed E-state index contributed by atoms with van der Waals surface area (Å²) >= 11 is 0. The number of nitrogens with zero attached hydrogens (tertiary/aromatic N) is 1. The van der Waals surface area contributed by atoms with Crippen molar-refractivity contribution in [3.8, 4) is 6.07 Å². The number of nitrogen functional groups attached to an aromatic ring is 1. The number of methoxy groups -OCH3 is 1. The molecule has 0 saturated carbocycles. The van der Waals surface area contributed by atoms with Crippen molar-refractivity contribution in [2.75, 3.05) is 18.2 Å². The third-order valence-corrected chi connectivity index (χ3v) is 2.75. The zero-order valence-corrected chi connectivity index (χ0v) is 10.9. The molecule has 3 N–H and O–H groups in total. The first-order valence-electron chi connectivity index (χ1n) is 5.89. The Labute approximate surface area is 116 Å². The molecule has 2 aromatic rings. The van der Waals surface area contributed by atoms with Gasteiger partial charge in [0.1, 0.15) is 6.07 Å². The van der Waals surface area contributed by atoms with Gasteiger partial charge in [-0.1, -0.05) is 0 Å². The maximum Gasteiger partial charge on any atom is 0.337 e. The van der Waals surface area contributed by atoms with Crippen molar-refractivity contribution in [3.63, 3.8) is 0 Å². The summed E-state index contributed by atoms with van der Waals surface area (Å²) in [5.74, 6) is -0.387. The maximum absolute atomic E-state index is 11.3. The minimum atomic E-state index is -0.387. The van der Waals surface area contributed by atoms with Crippen molar-refractivity contribution in [1.82, 2.24) is 0 Å². The fraction of sp³-hybridized carbons (Fsp3) is 0.0667. The summed E-state index contributed by atoms with van der Waals surface area (Å²) in [6.45, 7) is 0. The lowest BCUT2D eigenvalue weighted by molar-refractivity contribution is 0.0601. The molecule has 0 heterocycles. The van der Waals surface area contributed by atoms with Crippen molar-refractivity contribution in [3.05, 3.63) is 53.6 Å². The number of benzene rings is 2. The molecular weight excluding hydrogens is 254 g/mol. The first-order valence-corrected chi connectivity index (χ1v) is 5.89. The molecule has 100 valence electrons. The average molecular weight is 267 g/mol. The largest absolute Gasteiger partial charge is 0.465 e. The minimum absolute atomic E-state index is 0.387. The highest BCUT2D eigenvalue weighted by Gasteiger charge is 2.06. The number of hydrogen-bond donors (Lipinski definition) is 2. The Bertz CT molecular complexity index is 673. The number of nitrogens with two attached hydrogens (primary N) is 1. The van der Waals surface area contributed by atoms with E-state index in [-0.39, 0.29) is 5.97 Å². The van der Waals surface area contributed by atoms with Crippen LogP contribution in [0.15, 0.2) is 42.5 Å². The zero-order valence-electron chi connectivity index (χ0n) is 10.9. The van der Waals surface area contributed by atoms with Crippen LogP contribution >= 0.6 is 0 Å². The molecular formula is C15H13N3O2. The normalized spacial score (nSPS) is 9.60. The smallest absolute Gasteiger partial charge is 0.337 e. The molecule has 5 heteroatoms. The number of nitriles is 1. The monoisotopic (exact) mass is 267 g/mol. The Kier molecular flexibility index (Phi) is 3.87. The summed E-state index contributed by atoms with van der Waals surface area (Å²) in [6.07, 6.45) is 0. The number of carbonyl (C=O) groups excluding carboxylic acids is 1. The number of nitrogens with one attached hydrogen (secondary N) is 1. The average Bonchev–Trinajstić information content (AvgIpc) is 2.49. The number of esters is 1. The molecule has 0 amide bonds. The van der Waals surface area contributed by atoms with Crippen LogP contribution in [0, 0.1) is 11.3 Å². The van der Waals surface area contributed by atoms with Crippen LogP contribution in [0.5, 0.6) is 0 Å². The Hall–Kier alpha value is -3.00. The van der Waals surface area contributed by atoms with Crippen LogP contribution in [0.25, 0.3) is 0 Å². The molecule has 5 nitrogen and oxygen atoms in total. The summed E-state index contributed by atoms with van der Waals surface area (Å²) < 4.78 is 4.63. The molecule has 0 unspecified atom stereocenters. The molecule has 0 atom stereocenters. The molecule has 0 aliphatic rings. The highest BCUT2D eigenvalue weighted by molar-refractivity contribution is 5.89. The SMILES string of the molecule is COC(=O)c1ccc(Nc2ccc(N)cc2C#N)cc1. The zero-order chi connectivity index (χ0) is 14.5. The predicted molar refractivity (Wildman–Crippen MR) is 76.6 cm³/mol. The van der Waals surface area contributed by atoms with Crippen molar-refractivity contribution in [2.24, 2.45) is 0 Å². The third-order valence-electron chi connectivity index (χ3n) is 2.75. The van der Waals surface area contributed by atoms with E-state index in [2.05, 4.69) is 16.1 Å². The summed E-state index contributed by atoms with van der Waals surface area (Å²) in [5, 5.41) is 12.2. The minimum Gasteiger partial charge on any atom is -0.465 e. The predicted octanol–water partition coefficient (Wildman–Crippen LogP) is 2.67. The van der Waals surface area contributed by atoms with Gasteiger partial charge in [-0.05, 0) is 42.5 Å². The maximum atomic E-state index is 11.3. The van der Waals surface area contributed by atoms with Gasteiger partial charge >= 0.3 is 5.97 Å². The summed E-state index contributed by atoms with van der Waals surface area (Å²) in [7, 11) is 1.34. The van der Waals surface area contributed by atoms with E-state index in [0.29, 0.717) is 22.5 Å². The number of anilines is 3. The summed E-state index contributed by atoms with van der Waals surface area (Å²) in [6, 6.07) is 13.9. The molecule has 0 spiro atoms. The van der Waals surface area contributed by atoms with Crippen molar-refractivity contribution >= 4 is 23.0 Å².